The molecule has 6 nitrogen and oxygen atoms in total. The number of benzene rings is 1. The van der Waals surface area contributed by atoms with E-state index in [9.17, 15) is 9.59 Å². The minimum absolute atomic E-state index is 0.139. The average Bonchev–Trinajstić information content (AvgIpc) is 2.81. The van der Waals surface area contributed by atoms with Gasteiger partial charge in [0.15, 0.2) is 0 Å². The number of hydrogen-bond acceptors (Lipinski definition) is 3. The molecular weight excluding hydrogens is 327 g/mol. The number of anilines is 2. The third-order valence-electron chi connectivity index (χ3n) is 2.93. The fourth-order valence-electron chi connectivity index (χ4n) is 1.79. The minimum Gasteiger partial charge on any atom is -0.325 e. The lowest BCUT2D eigenvalue weighted by Gasteiger charge is -2.10. The molecule has 0 aliphatic heterocycles. The Labute approximate surface area is 137 Å². The van der Waals surface area contributed by atoms with Gasteiger partial charge in [-0.25, -0.2) is 0 Å². The lowest BCUT2D eigenvalue weighted by Crippen LogP contribution is -2.16. The summed E-state index contributed by atoms with van der Waals surface area (Å²) in [5.41, 5.74) is 1.23. The van der Waals surface area contributed by atoms with Crippen molar-refractivity contribution in [3.8, 4) is 0 Å². The summed E-state index contributed by atoms with van der Waals surface area (Å²) in [7, 11) is 1.62. The highest BCUT2D eigenvalue weighted by atomic mass is 35.5. The quantitative estimate of drug-likeness (QED) is 0.896. The second kappa shape index (κ2) is 6.81. The molecule has 0 saturated heterocycles. The Morgan fingerprint density at radius 2 is 1.95 bits per heavy atom. The van der Waals surface area contributed by atoms with Crippen LogP contribution in [0.1, 0.15) is 23.8 Å². The van der Waals surface area contributed by atoms with Gasteiger partial charge in [-0.15, -0.1) is 0 Å². The van der Waals surface area contributed by atoms with E-state index in [1.54, 1.807) is 32.2 Å². The summed E-state index contributed by atoms with van der Waals surface area (Å²) in [5, 5.41) is 9.84. The van der Waals surface area contributed by atoms with Crippen LogP contribution in [0, 0.1) is 0 Å². The molecule has 0 aliphatic carbocycles. The van der Waals surface area contributed by atoms with E-state index in [0.717, 1.165) is 0 Å². The molecule has 2 N–H and O–H groups in total. The Bertz CT molecular complexity index is 708. The number of carbonyl (C=O) groups excluding carboxylic acids is 2. The maximum atomic E-state index is 12.2. The van der Waals surface area contributed by atoms with E-state index in [2.05, 4.69) is 15.7 Å². The predicted octanol–water partition coefficient (Wildman–Crippen LogP) is 3.33. The van der Waals surface area contributed by atoms with Crippen LogP contribution in [0.25, 0.3) is 0 Å². The van der Waals surface area contributed by atoms with Crippen LogP contribution in [0.5, 0.6) is 0 Å². The Kier molecular flexibility index (Phi) is 5.05. The van der Waals surface area contributed by atoms with Crippen LogP contribution < -0.4 is 10.6 Å². The van der Waals surface area contributed by atoms with Crippen LogP contribution >= 0.6 is 23.2 Å². The van der Waals surface area contributed by atoms with Gasteiger partial charge in [0.25, 0.3) is 5.91 Å². The second-order valence-corrected chi connectivity index (χ2v) is 5.33. The van der Waals surface area contributed by atoms with Gasteiger partial charge in [0, 0.05) is 19.2 Å². The highest BCUT2D eigenvalue weighted by Gasteiger charge is 2.16. The molecule has 0 atom stereocenters. The fraction of sp³-hybridized carbons (Fsp3) is 0.214. The molecule has 2 amide bonds. The Hall–Kier alpha value is -2.05. The number of aromatic nitrogens is 2. The van der Waals surface area contributed by atoms with Crippen molar-refractivity contribution in [2.24, 2.45) is 7.05 Å². The second-order valence-electron chi connectivity index (χ2n) is 4.52. The predicted molar refractivity (Wildman–Crippen MR) is 86.5 cm³/mol. The van der Waals surface area contributed by atoms with E-state index in [0.29, 0.717) is 22.8 Å². The molecule has 0 aliphatic rings. The number of aryl methyl sites for hydroxylation is 1. The molecule has 1 aromatic heterocycles. The lowest BCUT2D eigenvalue weighted by molar-refractivity contribution is -0.115. The van der Waals surface area contributed by atoms with Crippen molar-refractivity contribution < 1.29 is 9.59 Å². The van der Waals surface area contributed by atoms with Gasteiger partial charge in [0.2, 0.25) is 5.91 Å². The number of amides is 2. The molecule has 116 valence electrons. The summed E-state index contributed by atoms with van der Waals surface area (Å²) in [6.07, 6.45) is 1.75. The largest absolute Gasteiger partial charge is 0.325 e. The first-order chi connectivity index (χ1) is 10.4. The van der Waals surface area contributed by atoms with Crippen molar-refractivity contribution in [3.05, 3.63) is 40.1 Å². The van der Waals surface area contributed by atoms with Gasteiger partial charge < -0.3 is 10.6 Å². The molecule has 1 aromatic carbocycles. The summed E-state index contributed by atoms with van der Waals surface area (Å²) < 4.78 is 1.38. The highest BCUT2D eigenvalue weighted by Crippen LogP contribution is 2.26. The number of rotatable bonds is 4. The molecule has 0 bridgehead atoms. The first kappa shape index (κ1) is 16.3. The van der Waals surface area contributed by atoms with Gasteiger partial charge in [0.05, 0.1) is 21.9 Å². The van der Waals surface area contributed by atoms with Crippen molar-refractivity contribution in [1.29, 1.82) is 0 Å². The third kappa shape index (κ3) is 3.58. The zero-order valence-electron chi connectivity index (χ0n) is 12.0. The van der Waals surface area contributed by atoms with Crippen molar-refractivity contribution in [2.45, 2.75) is 13.3 Å². The van der Waals surface area contributed by atoms with E-state index in [1.165, 1.54) is 10.9 Å². The normalized spacial score (nSPS) is 10.4. The molecule has 8 heteroatoms. The summed E-state index contributed by atoms with van der Waals surface area (Å²) in [4.78, 5) is 23.5. The van der Waals surface area contributed by atoms with Crippen LogP contribution in [0.2, 0.25) is 10.0 Å². The topological polar surface area (TPSA) is 76.0 Å². The maximum Gasteiger partial charge on any atom is 0.275 e. The summed E-state index contributed by atoms with van der Waals surface area (Å²) in [6, 6.07) is 4.81. The van der Waals surface area contributed by atoms with E-state index in [1.807, 2.05) is 0 Å². The van der Waals surface area contributed by atoms with Crippen molar-refractivity contribution in [1.82, 2.24) is 9.78 Å². The Morgan fingerprint density at radius 3 is 2.50 bits per heavy atom. The summed E-state index contributed by atoms with van der Waals surface area (Å²) in [6.45, 7) is 1.75. The van der Waals surface area contributed by atoms with Gasteiger partial charge in [0.1, 0.15) is 5.69 Å². The van der Waals surface area contributed by atoms with Gasteiger partial charge in [-0.3, -0.25) is 14.3 Å². The van der Waals surface area contributed by atoms with Gasteiger partial charge in [-0.05, 0) is 18.2 Å². The van der Waals surface area contributed by atoms with Crippen LogP contribution in [0.3, 0.4) is 0 Å². The van der Waals surface area contributed by atoms with Crippen LogP contribution in [0.15, 0.2) is 24.4 Å². The molecule has 1 heterocycles. The minimum atomic E-state index is -0.397. The van der Waals surface area contributed by atoms with E-state index < -0.39 is 5.91 Å². The standard InChI is InChI=1S/C14H14Cl2N4O2/c1-3-12(21)19-11-5-4-8(6-9(11)15)18-14(22)13-10(16)7-17-20(13)2/h4-7H,3H2,1-2H3,(H,18,22)(H,19,21). The zero-order chi connectivity index (χ0) is 16.3. The SMILES string of the molecule is CCC(=O)Nc1ccc(NC(=O)c2c(Cl)cnn2C)cc1Cl. The average molecular weight is 341 g/mol. The van der Waals surface area contributed by atoms with Crippen LogP contribution in [0.4, 0.5) is 11.4 Å². The summed E-state index contributed by atoms with van der Waals surface area (Å²) >= 11 is 12.0. The number of carbonyl (C=O) groups is 2. The molecule has 0 unspecified atom stereocenters. The molecular formula is C14H14Cl2N4O2. The van der Waals surface area contributed by atoms with Crippen LogP contribution in [-0.4, -0.2) is 21.6 Å². The van der Waals surface area contributed by atoms with Crippen molar-refractivity contribution >= 4 is 46.4 Å². The smallest absolute Gasteiger partial charge is 0.275 e. The van der Waals surface area contributed by atoms with Gasteiger partial charge >= 0.3 is 0 Å². The molecule has 2 rings (SSSR count). The third-order valence-corrected chi connectivity index (χ3v) is 3.52. The van der Waals surface area contributed by atoms with E-state index in [4.69, 9.17) is 23.2 Å². The number of nitrogens with zero attached hydrogens (tertiary/aromatic N) is 2. The first-order valence-electron chi connectivity index (χ1n) is 6.50. The van der Waals surface area contributed by atoms with Crippen LogP contribution in [-0.2, 0) is 11.8 Å². The Balaban J connectivity index is 2.16. The van der Waals surface area contributed by atoms with Crippen molar-refractivity contribution in [3.63, 3.8) is 0 Å². The van der Waals surface area contributed by atoms with E-state index in [-0.39, 0.29) is 16.6 Å². The lowest BCUT2D eigenvalue weighted by atomic mass is 10.2. The maximum absolute atomic E-state index is 12.2. The molecule has 22 heavy (non-hydrogen) atoms. The van der Waals surface area contributed by atoms with Gasteiger partial charge in [-0.2, -0.15) is 5.10 Å². The zero-order valence-corrected chi connectivity index (χ0v) is 13.5. The van der Waals surface area contributed by atoms with Gasteiger partial charge in [-0.1, -0.05) is 30.1 Å². The molecule has 0 fully saturated rings. The first-order valence-corrected chi connectivity index (χ1v) is 7.26. The Morgan fingerprint density at radius 1 is 1.23 bits per heavy atom. The number of halogens is 2. The fourth-order valence-corrected chi connectivity index (χ4v) is 2.27. The number of nitrogens with one attached hydrogen (secondary N) is 2. The molecule has 0 radical (unpaired) electrons. The summed E-state index contributed by atoms with van der Waals surface area (Å²) in [5.74, 6) is -0.535. The monoisotopic (exact) mass is 340 g/mol. The number of hydrogen-bond donors (Lipinski definition) is 2. The van der Waals surface area contributed by atoms with E-state index >= 15 is 0 Å². The molecule has 2 aromatic rings. The van der Waals surface area contributed by atoms with Crippen molar-refractivity contribution in [2.75, 3.05) is 10.6 Å². The molecule has 0 spiro atoms. The molecule has 0 saturated carbocycles. The highest BCUT2D eigenvalue weighted by molar-refractivity contribution is 6.35.